The predicted molar refractivity (Wildman–Crippen MR) is 41.7 cm³/mol. The van der Waals surface area contributed by atoms with E-state index in [-0.39, 0.29) is 12.1 Å². The lowest BCUT2D eigenvalue weighted by Crippen LogP contribution is -1.97. The summed E-state index contributed by atoms with van der Waals surface area (Å²) in [6.07, 6.45) is -1.51. The molecular formula is C9H7F2N. The van der Waals surface area contributed by atoms with Crippen LogP contribution in [0.15, 0.2) is 24.3 Å². The summed E-state index contributed by atoms with van der Waals surface area (Å²) < 4.78 is 25.8. The van der Waals surface area contributed by atoms with Crippen LogP contribution in [0.5, 0.6) is 0 Å². The fourth-order valence-electron chi connectivity index (χ4n) is 0.908. The number of hydrogen-bond donors (Lipinski definition) is 0. The zero-order chi connectivity index (χ0) is 8.97. The van der Waals surface area contributed by atoms with Crippen LogP contribution in [-0.2, 0) is 0 Å². The van der Waals surface area contributed by atoms with Gasteiger partial charge in [0.25, 0.3) is 0 Å². The Hall–Kier alpha value is -1.43. The molecule has 0 saturated heterocycles. The second kappa shape index (κ2) is 3.82. The predicted octanol–water partition coefficient (Wildman–Crippen LogP) is 2.76. The van der Waals surface area contributed by atoms with E-state index in [0.29, 0.717) is 0 Å². The highest BCUT2D eigenvalue weighted by Crippen LogP contribution is 2.20. The van der Waals surface area contributed by atoms with Crippen molar-refractivity contribution in [3.05, 3.63) is 47.1 Å². The summed E-state index contributed by atoms with van der Waals surface area (Å²) >= 11 is 0. The SMILES string of the molecule is [C-]#[N+]CC(F)c1ccccc1F. The van der Waals surface area contributed by atoms with Crippen molar-refractivity contribution in [1.82, 2.24) is 0 Å². The highest BCUT2D eigenvalue weighted by atomic mass is 19.1. The average molecular weight is 167 g/mol. The molecular weight excluding hydrogens is 160 g/mol. The van der Waals surface area contributed by atoms with Crippen molar-refractivity contribution in [3.63, 3.8) is 0 Å². The molecule has 1 unspecified atom stereocenters. The standard InChI is InChI=1S/C9H7F2N/c1-12-6-9(11)7-4-2-3-5-8(7)10/h2-5,9H,6H2. The summed E-state index contributed by atoms with van der Waals surface area (Å²) in [5.74, 6) is -0.589. The van der Waals surface area contributed by atoms with Crippen molar-refractivity contribution in [2.75, 3.05) is 6.54 Å². The molecule has 0 spiro atoms. The van der Waals surface area contributed by atoms with E-state index in [1.165, 1.54) is 18.2 Å². The van der Waals surface area contributed by atoms with Crippen LogP contribution in [0.1, 0.15) is 11.7 Å². The molecule has 1 aromatic rings. The van der Waals surface area contributed by atoms with Crippen molar-refractivity contribution in [2.24, 2.45) is 0 Å². The monoisotopic (exact) mass is 167 g/mol. The Morgan fingerprint density at radius 1 is 1.42 bits per heavy atom. The number of halogens is 2. The summed E-state index contributed by atoms with van der Waals surface area (Å²) in [6.45, 7) is 6.10. The Morgan fingerprint density at radius 2 is 2.08 bits per heavy atom. The van der Waals surface area contributed by atoms with E-state index in [4.69, 9.17) is 6.57 Å². The van der Waals surface area contributed by atoms with E-state index in [2.05, 4.69) is 4.85 Å². The molecule has 1 aromatic carbocycles. The van der Waals surface area contributed by atoms with Gasteiger partial charge in [0.1, 0.15) is 5.82 Å². The van der Waals surface area contributed by atoms with Gasteiger partial charge in [0.05, 0.1) is 0 Å². The fraction of sp³-hybridized carbons (Fsp3) is 0.222. The number of hydrogen-bond acceptors (Lipinski definition) is 0. The van der Waals surface area contributed by atoms with Crippen LogP contribution >= 0.6 is 0 Å². The Kier molecular flexibility index (Phi) is 2.76. The van der Waals surface area contributed by atoms with Crippen LogP contribution in [0.4, 0.5) is 8.78 Å². The van der Waals surface area contributed by atoms with Gasteiger partial charge in [-0.1, -0.05) is 18.2 Å². The second-order valence-corrected chi connectivity index (χ2v) is 2.33. The van der Waals surface area contributed by atoms with Crippen LogP contribution in [-0.4, -0.2) is 6.54 Å². The minimum Gasteiger partial charge on any atom is -0.313 e. The number of benzene rings is 1. The van der Waals surface area contributed by atoms with Gasteiger partial charge in [0.2, 0.25) is 6.54 Å². The Balaban J connectivity index is 2.88. The van der Waals surface area contributed by atoms with Gasteiger partial charge in [-0.2, -0.15) is 0 Å². The van der Waals surface area contributed by atoms with Crippen molar-refractivity contribution in [1.29, 1.82) is 0 Å². The van der Waals surface area contributed by atoms with E-state index in [9.17, 15) is 8.78 Å². The Morgan fingerprint density at radius 3 is 2.67 bits per heavy atom. The first-order valence-electron chi connectivity index (χ1n) is 3.47. The molecule has 0 saturated carbocycles. The molecule has 0 aliphatic heterocycles. The van der Waals surface area contributed by atoms with E-state index in [1.807, 2.05) is 0 Å². The van der Waals surface area contributed by atoms with Crippen LogP contribution < -0.4 is 0 Å². The Bertz CT molecular complexity index is 304. The van der Waals surface area contributed by atoms with Gasteiger partial charge < -0.3 is 4.85 Å². The first-order valence-corrected chi connectivity index (χ1v) is 3.47. The third kappa shape index (κ3) is 1.79. The summed E-state index contributed by atoms with van der Waals surface area (Å²) in [5, 5.41) is 0. The quantitative estimate of drug-likeness (QED) is 0.596. The van der Waals surface area contributed by atoms with Gasteiger partial charge in [-0.3, -0.25) is 0 Å². The van der Waals surface area contributed by atoms with Crippen molar-refractivity contribution >= 4 is 0 Å². The van der Waals surface area contributed by atoms with E-state index in [1.54, 1.807) is 6.07 Å². The number of alkyl halides is 1. The average Bonchev–Trinajstić information content (AvgIpc) is 2.05. The lowest BCUT2D eigenvalue weighted by Gasteiger charge is -2.01. The van der Waals surface area contributed by atoms with Crippen LogP contribution in [0.25, 0.3) is 4.85 Å². The number of rotatable bonds is 2. The van der Waals surface area contributed by atoms with Crippen molar-refractivity contribution in [3.8, 4) is 0 Å². The normalized spacial score (nSPS) is 12.1. The zero-order valence-electron chi connectivity index (χ0n) is 6.30. The minimum atomic E-state index is -1.51. The van der Waals surface area contributed by atoms with Crippen molar-refractivity contribution < 1.29 is 8.78 Å². The largest absolute Gasteiger partial charge is 0.313 e. The maximum absolute atomic E-state index is 12.9. The summed E-state index contributed by atoms with van der Waals surface area (Å²) in [7, 11) is 0. The van der Waals surface area contributed by atoms with Gasteiger partial charge in [0, 0.05) is 5.56 Å². The molecule has 12 heavy (non-hydrogen) atoms. The lowest BCUT2D eigenvalue weighted by molar-refractivity contribution is 0.355. The molecule has 62 valence electrons. The molecule has 0 radical (unpaired) electrons. The molecule has 1 rings (SSSR count). The van der Waals surface area contributed by atoms with Crippen molar-refractivity contribution in [2.45, 2.75) is 6.17 Å². The van der Waals surface area contributed by atoms with Gasteiger partial charge in [0.15, 0.2) is 6.17 Å². The first-order chi connectivity index (χ1) is 5.75. The number of nitrogens with zero attached hydrogens (tertiary/aromatic N) is 1. The molecule has 0 aliphatic rings. The van der Waals surface area contributed by atoms with Gasteiger partial charge in [-0.15, -0.1) is 0 Å². The van der Waals surface area contributed by atoms with Crippen LogP contribution in [0, 0.1) is 12.4 Å². The molecule has 3 heteroatoms. The molecule has 0 bridgehead atoms. The second-order valence-electron chi connectivity index (χ2n) is 2.33. The van der Waals surface area contributed by atoms with E-state index < -0.39 is 12.0 Å². The molecule has 0 N–H and O–H groups in total. The summed E-state index contributed by atoms with van der Waals surface area (Å²) in [4.78, 5) is 2.86. The minimum absolute atomic E-state index is 0.0338. The van der Waals surface area contributed by atoms with Gasteiger partial charge in [-0.25, -0.2) is 15.4 Å². The molecule has 0 aromatic heterocycles. The molecule has 0 aliphatic carbocycles. The van der Waals surface area contributed by atoms with Crippen LogP contribution in [0.3, 0.4) is 0 Å². The van der Waals surface area contributed by atoms with Crippen LogP contribution in [0.2, 0.25) is 0 Å². The summed E-state index contributed by atoms with van der Waals surface area (Å²) in [6, 6.07) is 5.58. The first kappa shape index (κ1) is 8.66. The fourth-order valence-corrected chi connectivity index (χ4v) is 0.908. The third-order valence-electron chi connectivity index (χ3n) is 1.49. The molecule has 0 heterocycles. The van der Waals surface area contributed by atoms with E-state index in [0.717, 1.165) is 0 Å². The molecule has 1 atom stereocenters. The van der Waals surface area contributed by atoms with E-state index >= 15 is 0 Å². The molecule has 1 nitrogen and oxygen atoms in total. The van der Waals surface area contributed by atoms with Gasteiger partial charge in [-0.05, 0) is 6.07 Å². The smallest absolute Gasteiger partial charge is 0.249 e. The highest BCUT2D eigenvalue weighted by molar-refractivity contribution is 5.20. The Labute approximate surface area is 69.5 Å². The lowest BCUT2D eigenvalue weighted by atomic mass is 10.1. The third-order valence-corrected chi connectivity index (χ3v) is 1.49. The molecule has 0 fully saturated rings. The maximum atomic E-state index is 12.9. The zero-order valence-corrected chi connectivity index (χ0v) is 6.30. The topological polar surface area (TPSA) is 4.36 Å². The summed E-state index contributed by atoms with van der Waals surface area (Å²) in [5.41, 5.74) is -0.0338. The molecule has 0 amide bonds. The highest BCUT2D eigenvalue weighted by Gasteiger charge is 2.15. The maximum Gasteiger partial charge on any atom is 0.249 e. The van der Waals surface area contributed by atoms with Gasteiger partial charge >= 0.3 is 0 Å².